The molecule has 1 aliphatic rings. The van der Waals surface area contributed by atoms with Gasteiger partial charge in [0, 0.05) is 25.8 Å². The van der Waals surface area contributed by atoms with Crippen molar-refractivity contribution in [2.24, 2.45) is 10.7 Å². The highest BCUT2D eigenvalue weighted by molar-refractivity contribution is 5.97. The third-order valence-electron chi connectivity index (χ3n) is 4.78. The Hall–Kier alpha value is -1.24. The number of allylic oxidation sites excluding steroid dienone is 2. The smallest absolute Gasteiger partial charge is 0.153 e. The number of carbonyl (C=O) groups excluding carboxylic acids is 1. The van der Waals surface area contributed by atoms with Crippen molar-refractivity contribution < 1.29 is 19.4 Å². The van der Waals surface area contributed by atoms with Crippen molar-refractivity contribution >= 4 is 12.0 Å². The minimum absolute atomic E-state index is 0.0399. The first kappa shape index (κ1) is 22.8. The lowest BCUT2D eigenvalue weighted by molar-refractivity contribution is -0.127. The zero-order valence-electron chi connectivity index (χ0n) is 16.4. The fourth-order valence-electron chi connectivity index (χ4n) is 2.98. The van der Waals surface area contributed by atoms with Crippen LogP contribution in [0, 0.1) is 0 Å². The van der Waals surface area contributed by atoms with Crippen LogP contribution in [0.25, 0.3) is 0 Å². The first-order chi connectivity index (χ1) is 12.5. The first-order valence-electron chi connectivity index (χ1n) is 9.80. The second-order valence-electron chi connectivity index (χ2n) is 7.11. The summed E-state index contributed by atoms with van der Waals surface area (Å²) in [6.45, 7) is 3.27. The van der Waals surface area contributed by atoms with E-state index in [0.717, 1.165) is 25.0 Å². The molecule has 1 heterocycles. The fraction of sp³-hybridized carbons (Fsp3) is 0.800. The average molecular weight is 369 g/mol. The van der Waals surface area contributed by atoms with Gasteiger partial charge in [0.2, 0.25) is 0 Å². The van der Waals surface area contributed by atoms with Crippen LogP contribution in [0.2, 0.25) is 0 Å². The van der Waals surface area contributed by atoms with Gasteiger partial charge in [-0.3, -0.25) is 4.99 Å². The molecule has 2 unspecified atom stereocenters. The topological polar surface area (TPSA) is 94.1 Å². The number of aldehydes is 1. The van der Waals surface area contributed by atoms with Crippen LogP contribution in [0.5, 0.6) is 0 Å². The maximum absolute atomic E-state index is 11.5. The van der Waals surface area contributed by atoms with Crippen LogP contribution in [-0.2, 0) is 14.3 Å². The summed E-state index contributed by atoms with van der Waals surface area (Å²) in [7, 11) is 1.63. The van der Waals surface area contributed by atoms with Gasteiger partial charge in [-0.1, -0.05) is 38.5 Å². The number of nitrogens with two attached hydrogens (primary N) is 1. The standard InChI is InChI=1S/C20H36N2O4/c1-17-13-18(22-2)14-20(24,16-23)19(21)15-25-11-9-7-5-3-4-6-8-10-12-26-17/h13,16,19,24H,3-12,14-15,21H2,1-2H3/b17-13+,22-18?. The lowest BCUT2D eigenvalue weighted by Crippen LogP contribution is -2.53. The zero-order chi connectivity index (χ0) is 19.3. The number of aliphatic hydroxyl groups is 1. The van der Waals surface area contributed by atoms with Gasteiger partial charge in [-0.25, -0.2) is 0 Å². The minimum atomic E-state index is -1.70. The molecule has 0 saturated heterocycles. The van der Waals surface area contributed by atoms with Gasteiger partial charge >= 0.3 is 0 Å². The lowest BCUT2D eigenvalue weighted by Gasteiger charge is -2.28. The van der Waals surface area contributed by atoms with Crippen LogP contribution in [-0.4, -0.2) is 55.6 Å². The molecule has 0 amide bonds. The van der Waals surface area contributed by atoms with Gasteiger partial charge in [-0.2, -0.15) is 0 Å². The molecule has 3 N–H and O–H groups in total. The second kappa shape index (κ2) is 13.0. The highest BCUT2D eigenvalue weighted by Crippen LogP contribution is 2.16. The molecule has 1 aliphatic heterocycles. The van der Waals surface area contributed by atoms with Crippen molar-refractivity contribution in [1.29, 1.82) is 0 Å². The number of carbonyl (C=O) groups is 1. The molecule has 6 nitrogen and oxygen atoms in total. The molecule has 0 aromatic rings. The van der Waals surface area contributed by atoms with Crippen molar-refractivity contribution in [2.45, 2.75) is 76.4 Å². The number of rotatable bonds is 1. The summed E-state index contributed by atoms with van der Waals surface area (Å²) in [6, 6.07) is -0.798. The fourth-order valence-corrected chi connectivity index (χ4v) is 2.98. The summed E-state index contributed by atoms with van der Waals surface area (Å²) in [5.74, 6) is 0.724. The van der Waals surface area contributed by atoms with Crippen LogP contribution in [0.1, 0.15) is 64.7 Å². The number of hydrogen-bond acceptors (Lipinski definition) is 6. The Morgan fingerprint density at radius 1 is 1.15 bits per heavy atom. The summed E-state index contributed by atoms with van der Waals surface area (Å²) in [5.41, 5.74) is 4.91. The Morgan fingerprint density at radius 2 is 1.73 bits per heavy atom. The number of hydrogen-bond donors (Lipinski definition) is 2. The monoisotopic (exact) mass is 368 g/mol. The Bertz CT molecular complexity index is 465. The summed E-state index contributed by atoms with van der Waals surface area (Å²) in [5, 5.41) is 10.6. The van der Waals surface area contributed by atoms with Crippen molar-refractivity contribution in [3.05, 3.63) is 11.8 Å². The van der Waals surface area contributed by atoms with Crippen molar-refractivity contribution in [3.63, 3.8) is 0 Å². The van der Waals surface area contributed by atoms with E-state index >= 15 is 0 Å². The zero-order valence-corrected chi connectivity index (χ0v) is 16.4. The molecule has 0 saturated carbocycles. The molecule has 0 aliphatic carbocycles. The Labute approximate surface area is 157 Å². The molecular weight excluding hydrogens is 332 g/mol. The maximum atomic E-state index is 11.5. The minimum Gasteiger partial charge on any atom is -0.498 e. The SMILES string of the molecule is CN=C1/C=C(\C)OCCCCCCCCCCOCC(N)C(O)(C=O)C1. The number of ether oxygens (including phenoxy) is 2. The van der Waals surface area contributed by atoms with E-state index in [2.05, 4.69) is 4.99 Å². The molecule has 0 aromatic heterocycles. The van der Waals surface area contributed by atoms with Gasteiger partial charge in [-0.05, 0) is 25.8 Å². The summed E-state index contributed by atoms with van der Waals surface area (Å²) in [4.78, 5) is 15.7. The lowest BCUT2D eigenvalue weighted by atomic mass is 9.90. The molecule has 0 bridgehead atoms. The van der Waals surface area contributed by atoms with Gasteiger partial charge < -0.3 is 25.1 Å². The summed E-state index contributed by atoms with van der Waals surface area (Å²) >= 11 is 0. The molecule has 2 atom stereocenters. The highest BCUT2D eigenvalue weighted by Gasteiger charge is 2.35. The molecule has 150 valence electrons. The van der Waals surface area contributed by atoms with Crippen LogP contribution in [0.15, 0.2) is 16.8 Å². The highest BCUT2D eigenvalue weighted by atomic mass is 16.5. The molecule has 26 heavy (non-hydrogen) atoms. The van der Waals surface area contributed by atoms with Crippen molar-refractivity contribution in [1.82, 2.24) is 0 Å². The van der Waals surface area contributed by atoms with E-state index in [-0.39, 0.29) is 13.0 Å². The number of aliphatic imine (C=N–C) groups is 1. The molecule has 0 aromatic carbocycles. The Balaban J connectivity index is 2.74. The van der Waals surface area contributed by atoms with Crippen LogP contribution < -0.4 is 5.73 Å². The predicted octanol–water partition coefficient (Wildman–Crippen LogP) is 2.78. The average Bonchev–Trinajstić information content (AvgIpc) is 2.63. The molecule has 6 heteroatoms. The molecule has 1 rings (SSSR count). The van der Waals surface area contributed by atoms with Crippen LogP contribution in [0.3, 0.4) is 0 Å². The van der Waals surface area contributed by atoms with Gasteiger partial charge in [0.25, 0.3) is 0 Å². The third kappa shape index (κ3) is 8.92. The van der Waals surface area contributed by atoms with E-state index in [9.17, 15) is 9.90 Å². The van der Waals surface area contributed by atoms with E-state index in [0.29, 0.717) is 25.2 Å². The van der Waals surface area contributed by atoms with Crippen LogP contribution >= 0.6 is 0 Å². The number of nitrogens with zero attached hydrogens (tertiary/aromatic N) is 1. The van der Waals surface area contributed by atoms with Crippen molar-refractivity contribution in [3.8, 4) is 0 Å². The normalized spacial score (nSPS) is 32.4. The Kier molecular flexibility index (Phi) is 11.4. The first-order valence-corrected chi connectivity index (χ1v) is 9.80. The molecule has 0 radical (unpaired) electrons. The van der Waals surface area contributed by atoms with Gasteiger partial charge in [0.15, 0.2) is 6.29 Å². The Morgan fingerprint density at radius 3 is 2.31 bits per heavy atom. The predicted molar refractivity (Wildman–Crippen MR) is 104 cm³/mol. The van der Waals surface area contributed by atoms with E-state index in [1.165, 1.54) is 32.1 Å². The summed E-state index contributed by atoms with van der Waals surface area (Å²) < 4.78 is 11.3. The van der Waals surface area contributed by atoms with Crippen LogP contribution in [0.4, 0.5) is 0 Å². The van der Waals surface area contributed by atoms with Gasteiger partial charge in [-0.15, -0.1) is 0 Å². The van der Waals surface area contributed by atoms with Gasteiger partial charge in [0.05, 0.1) is 25.0 Å². The van der Waals surface area contributed by atoms with E-state index < -0.39 is 11.6 Å². The quantitative estimate of drug-likeness (QED) is 0.694. The second-order valence-corrected chi connectivity index (χ2v) is 7.11. The van der Waals surface area contributed by atoms with Gasteiger partial charge in [0.1, 0.15) is 5.60 Å². The van der Waals surface area contributed by atoms with E-state index in [4.69, 9.17) is 15.2 Å². The molecular formula is C20H36N2O4. The van der Waals surface area contributed by atoms with E-state index in [1.54, 1.807) is 13.1 Å². The molecule has 0 spiro atoms. The summed E-state index contributed by atoms with van der Waals surface area (Å²) in [6.07, 6.45) is 11.6. The maximum Gasteiger partial charge on any atom is 0.153 e. The van der Waals surface area contributed by atoms with E-state index in [1.807, 2.05) is 6.92 Å². The van der Waals surface area contributed by atoms with Crippen molar-refractivity contribution in [2.75, 3.05) is 26.9 Å². The largest absolute Gasteiger partial charge is 0.498 e. The molecule has 0 fully saturated rings. The third-order valence-corrected chi connectivity index (χ3v) is 4.78.